The third-order valence-corrected chi connectivity index (χ3v) is 4.06. The minimum absolute atomic E-state index is 0.131. The third kappa shape index (κ3) is 5.98. The summed E-state index contributed by atoms with van der Waals surface area (Å²) >= 11 is 3.33. The molecule has 0 spiro atoms. The number of nitrogens with one attached hydrogen (secondary N) is 1. The van der Waals surface area contributed by atoms with Gasteiger partial charge in [0.25, 0.3) is 5.91 Å². The van der Waals surface area contributed by atoms with Crippen molar-refractivity contribution in [1.29, 1.82) is 0 Å². The molecule has 3 aromatic rings. The molecule has 8 heteroatoms. The molecule has 0 radical (unpaired) electrons. The van der Waals surface area contributed by atoms with Crippen LogP contribution >= 0.6 is 15.9 Å². The molecule has 0 unspecified atom stereocenters. The second kappa shape index (κ2) is 9.61. The van der Waals surface area contributed by atoms with Gasteiger partial charge in [-0.15, -0.1) is 0 Å². The highest BCUT2D eigenvalue weighted by Gasteiger charge is 2.08. The Balaban J connectivity index is 1.68. The van der Waals surface area contributed by atoms with E-state index in [4.69, 9.17) is 9.15 Å². The third-order valence-electron chi connectivity index (χ3n) is 3.57. The Labute approximate surface area is 173 Å². The van der Waals surface area contributed by atoms with E-state index in [1.165, 1.54) is 42.8 Å². The van der Waals surface area contributed by atoms with Crippen molar-refractivity contribution in [1.82, 2.24) is 5.43 Å². The second-order valence-corrected chi connectivity index (χ2v) is 6.58. The molecule has 0 aliphatic carbocycles. The summed E-state index contributed by atoms with van der Waals surface area (Å²) in [5, 5.41) is 3.85. The lowest BCUT2D eigenvalue weighted by atomic mass is 10.2. The van der Waals surface area contributed by atoms with Gasteiger partial charge in [-0.3, -0.25) is 4.79 Å². The van der Waals surface area contributed by atoms with Crippen LogP contribution in [0.4, 0.5) is 4.39 Å². The molecule has 6 nitrogen and oxygen atoms in total. The van der Waals surface area contributed by atoms with Crippen molar-refractivity contribution in [2.75, 3.05) is 0 Å². The predicted octanol–water partition coefficient (Wildman–Crippen LogP) is 4.56. The molecule has 0 atom stereocenters. The van der Waals surface area contributed by atoms with Crippen molar-refractivity contribution in [2.24, 2.45) is 5.10 Å². The summed E-state index contributed by atoms with van der Waals surface area (Å²) in [6.45, 7) is 0. The Hall–Kier alpha value is -3.52. The number of esters is 1. The molecule has 1 amide bonds. The lowest BCUT2D eigenvalue weighted by Crippen LogP contribution is -2.17. The van der Waals surface area contributed by atoms with Crippen molar-refractivity contribution >= 4 is 40.1 Å². The molecule has 1 N–H and O–H groups in total. The summed E-state index contributed by atoms with van der Waals surface area (Å²) in [5.41, 5.74) is 2.87. The number of carbonyl (C=O) groups is 2. The van der Waals surface area contributed by atoms with Gasteiger partial charge in [0.15, 0.2) is 0 Å². The molecule has 1 aromatic heterocycles. The highest BCUT2D eigenvalue weighted by Crippen LogP contribution is 2.22. The average molecular weight is 457 g/mol. The number of ether oxygens (including phenoxy) is 1. The van der Waals surface area contributed by atoms with Gasteiger partial charge < -0.3 is 9.15 Å². The molecule has 146 valence electrons. The molecular weight excluding hydrogens is 443 g/mol. The van der Waals surface area contributed by atoms with E-state index in [1.807, 2.05) is 0 Å². The molecule has 0 bridgehead atoms. The monoisotopic (exact) mass is 456 g/mol. The fourth-order valence-corrected chi connectivity index (χ4v) is 2.63. The first-order valence-electron chi connectivity index (χ1n) is 8.33. The topological polar surface area (TPSA) is 80.9 Å². The van der Waals surface area contributed by atoms with Crippen LogP contribution in [-0.4, -0.2) is 18.1 Å². The first kappa shape index (κ1) is 20.2. The van der Waals surface area contributed by atoms with Gasteiger partial charge in [-0.25, -0.2) is 14.6 Å². The molecule has 2 aromatic carbocycles. The standard InChI is InChI=1S/C21H14BrFN2O4/c22-16-6-8-19(29-20(26)9-7-18-5-2-10-28-18)15(11-16)13-24-25-21(27)14-3-1-4-17(23)12-14/h1-13H,(H,25,27). The fraction of sp³-hybridized carbons (Fsp3) is 0. The second-order valence-electron chi connectivity index (χ2n) is 5.66. The Kier molecular flexibility index (Phi) is 6.70. The van der Waals surface area contributed by atoms with Crippen LogP contribution in [0.3, 0.4) is 0 Å². The van der Waals surface area contributed by atoms with E-state index in [2.05, 4.69) is 26.5 Å². The van der Waals surface area contributed by atoms with Crippen LogP contribution in [0.5, 0.6) is 5.75 Å². The van der Waals surface area contributed by atoms with Gasteiger partial charge in [0.2, 0.25) is 0 Å². The normalized spacial score (nSPS) is 11.1. The molecule has 3 rings (SSSR count). The summed E-state index contributed by atoms with van der Waals surface area (Å²) < 4.78 is 24.3. The number of benzene rings is 2. The van der Waals surface area contributed by atoms with Gasteiger partial charge in [-0.1, -0.05) is 22.0 Å². The van der Waals surface area contributed by atoms with E-state index in [1.54, 1.807) is 30.3 Å². The molecule has 0 aliphatic rings. The minimum atomic E-state index is -0.609. The van der Waals surface area contributed by atoms with Crippen molar-refractivity contribution in [3.8, 4) is 5.75 Å². The summed E-state index contributed by atoms with van der Waals surface area (Å²) in [6, 6.07) is 13.6. The molecular formula is C21H14BrFN2O4. The zero-order chi connectivity index (χ0) is 20.6. The zero-order valence-corrected chi connectivity index (χ0v) is 16.4. The average Bonchev–Trinajstić information content (AvgIpc) is 3.22. The number of nitrogens with zero attached hydrogens (tertiary/aromatic N) is 1. The van der Waals surface area contributed by atoms with Gasteiger partial charge in [0.05, 0.1) is 12.5 Å². The van der Waals surface area contributed by atoms with E-state index >= 15 is 0 Å². The van der Waals surface area contributed by atoms with Crippen LogP contribution in [0.2, 0.25) is 0 Å². The van der Waals surface area contributed by atoms with Crippen molar-refractivity contribution in [3.05, 3.63) is 94.1 Å². The fourth-order valence-electron chi connectivity index (χ4n) is 2.25. The maximum absolute atomic E-state index is 13.2. The van der Waals surface area contributed by atoms with E-state index in [0.29, 0.717) is 11.3 Å². The molecule has 0 saturated carbocycles. The lowest BCUT2D eigenvalue weighted by Gasteiger charge is -2.06. The first-order valence-corrected chi connectivity index (χ1v) is 9.12. The predicted molar refractivity (Wildman–Crippen MR) is 109 cm³/mol. The van der Waals surface area contributed by atoms with Crippen LogP contribution in [0.25, 0.3) is 6.08 Å². The SMILES string of the molecule is O=C(C=Cc1ccco1)Oc1ccc(Br)cc1C=NNC(=O)c1cccc(F)c1. The molecule has 0 saturated heterocycles. The molecule has 1 heterocycles. The Morgan fingerprint density at radius 3 is 2.76 bits per heavy atom. The van der Waals surface area contributed by atoms with Crippen molar-refractivity contribution in [2.45, 2.75) is 0 Å². The summed E-state index contributed by atoms with van der Waals surface area (Å²) in [5.74, 6) is -0.950. The number of amides is 1. The van der Waals surface area contributed by atoms with Crippen LogP contribution in [-0.2, 0) is 4.79 Å². The van der Waals surface area contributed by atoms with E-state index < -0.39 is 17.7 Å². The number of rotatable bonds is 6. The van der Waals surface area contributed by atoms with Gasteiger partial charge in [0, 0.05) is 21.7 Å². The summed E-state index contributed by atoms with van der Waals surface area (Å²) in [6.07, 6.45) is 5.52. The Morgan fingerprint density at radius 2 is 2.00 bits per heavy atom. The van der Waals surface area contributed by atoms with Crippen LogP contribution in [0.1, 0.15) is 21.7 Å². The van der Waals surface area contributed by atoms with Gasteiger partial charge >= 0.3 is 5.97 Å². The minimum Gasteiger partial charge on any atom is -0.465 e. The number of hydrogen-bond donors (Lipinski definition) is 1. The maximum atomic E-state index is 13.2. The Bertz CT molecular complexity index is 1080. The maximum Gasteiger partial charge on any atom is 0.336 e. The first-order chi connectivity index (χ1) is 14.0. The summed E-state index contributed by atoms with van der Waals surface area (Å²) in [4.78, 5) is 24.0. The highest BCUT2D eigenvalue weighted by atomic mass is 79.9. The van der Waals surface area contributed by atoms with E-state index in [9.17, 15) is 14.0 Å². The quantitative estimate of drug-likeness (QED) is 0.194. The van der Waals surface area contributed by atoms with Crippen LogP contribution < -0.4 is 10.2 Å². The van der Waals surface area contributed by atoms with E-state index in [-0.39, 0.29) is 11.3 Å². The van der Waals surface area contributed by atoms with Gasteiger partial charge in [0.1, 0.15) is 17.3 Å². The number of hydrazone groups is 1. The largest absolute Gasteiger partial charge is 0.465 e. The number of halogens is 2. The lowest BCUT2D eigenvalue weighted by molar-refractivity contribution is -0.128. The number of furan rings is 1. The van der Waals surface area contributed by atoms with Crippen molar-refractivity contribution in [3.63, 3.8) is 0 Å². The molecule has 0 fully saturated rings. The smallest absolute Gasteiger partial charge is 0.336 e. The zero-order valence-electron chi connectivity index (χ0n) is 14.8. The Morgan fingerprint density at radius 1 is 1.14 bits per heavy atom. The van der Waals surface area contributed by atoms with E-state index in [0.717, 1.165) is 10.5 Å². The van der Waals surface area contributed by atoms with Crippen molar-refractivity contribution < 1.29 is 23.1 Å². The van der Waals surface area contributed by atoms with Gasteiger partial charge in [-0.2, -0.15) is 5.10 Å². The number of hydrogen-bond acceptors (Lipinski definition) is 5. The van der Waals surface area contributed by atoms with Crippen LogP contribution in [0, 0.1) is 5.82 Å². The van der Waals surface area contributed by atoms with Gasteiger partial charge in [-0.05, 0) is 54.6 Å². The molecule has 29 heavy (non-hydrogen) atoms. The molecule has 0 aliphatic heterocycles. The summed E-state index contributed by atoms with van der Waals surface area (Å²) in [7, 11) is 0. The van der Waals surface area contributed by atoms with Crippen LogP contribution in [0.15, 0.2) is 80.9 Å². The number of carbonyl (C=O) groups excluding carboxylic acids is 2. The highest BCUT2D eigenvalue weighted by molar-refractivity contribution is 9.10.